The average Bonchev–Trinajstić information content (AvgIpc) is 3.58. The van der Waals surface area contributed by atoms with Crippen LogP contribution in [0.15, 0.2) is 53.7 Å². The summed E-state index contributed by atoms with van der Waals surface area (Å²) in [6.07, 6.45) is 11.5. The van der Waals surface area contributed by atoms with Gasteiger partial charge in [0.05, 0.1) is 11.6 Å². The van der Waals surface area contributed by atoms with E-state index in [1.54, 1.807) is 35.8 Å². The highest BCUT2D eigenvalue weighted by Gasteiger charge is 2.26. The Kier molecular flexibility index (Phi) is 9.90. The summed E-state index contributed by atoms with van der Waals surface area (Å²) in [7, 11) is 4.17. The highest BCUT2D eigenvalue weighted by Crippen LogP contribution is 2.28. The van der Waals surface area contributed by atoms with Crippen molar-refractivity contribution >= 4 is 46.2 Å². The minimum absolute atomic E-state index is 0.0509. The third-order valence-corrected chi connectivity index (χ3v) is 10.1. The van der Waals surface area contributed by atoms with E-state index in [1.807, 2.05) is 42.6 Å². The van der Waals surface area contributed by atoms with Crippen LogP contribution in [0, 0.1) is 0 Å². The number of pyridine rings is 1. The van der Waals surface area contributed by atoms with Gasteiger partial charge in [0.1, 0.15) is 11.5 Å². The number of rotatable bonds is 10. The van der Waals surface area contributed by atoms with Crippen molar-refractivity contribution in [2.75, 3.05) is 63.3 Å². The number of nitrogens with one attached hydrogen (secondary N) is 2. The molecule has 1 unspecified atom stereocenters. The van der Waals surface area contributed by atoms with Crippen molar-refractivity contribution in [1.82, 2.24) is 38.6 Å². The first kappa shape index (κ1) is 32.0. The first-order valence-corrected chi connectivity index (χ1v) is 17.3. The lowest BCUT2D eigenvalue weighted by Crippen LogP contribution is -2.41. The first-order valence-electron chi connectivity index (χ1n) is 16.1. The van der Waals surface area contributed by atoms with Crippen LogP contribution in [0.4, 0.5) is 17.3 Å². The molecule has 12 nitrogen and oxygen atoms in total. The van der Waals surface area contributed by atoms with Gasteiger partial charge in [-0.15, -0.1) is 0 Å². The van der Waals surface area contributed by atoms with Gasteiger partial charge in [-0.1, -0.05) is 11.9 Å². The number of amides is 1. The molecule has 13 heteroatoms. The predicted octanol–water partition coefficient (Wildman–Crippen LogP) is 3.98. The molecule has 6 rings (SSSR count). The fraction of sp³-hybridized carbons (Fsp3) is 0.485. The molecule has 0 spiro atoms. The van der Waals surface area contributed by atoms with Gasteiger partial charge < -0.3 is 25.0 Å². The van der Waals surface area contributed by atoms with Crippen molar-refractivity contribution in [2.24, 2.45) is 0 Å². The largest absolute Gasteiger partial charge is 0.372 e. The number of benzene rings is 1. The molecule has 1 amide bonds. The van der Waals surface area contributed by atoms with Crippen molar-refractivity contribution < 1.29 is 4.79 Å². The molecule has 2 aliphatic heterocycles. The molecule has 1 atom stereocenters. The van der Waals surface area contributed by atoms with Crippen LogP contribution >= 0.6 is 11.9 Å². The van der Waals surface area contributed by atoms with Crippen LogP contribution in [0.25, 0.3) is 22.4 Å². The normalized spacial score (nSPS) is 17.5. The number of aromatic nitrogens is 5. The maximum absolute atomic E-state index is 14.2. The zero-order valence-electron chi connectivity index (χ0n) is 27.1. The molecule has 2 saturated heterocycles. The van der Waals surface area contributed by atoms with E-state index in [4.69, 9.17) is 4.98 Å². The predicted molar refractivity (Wildman–Crippen MR) is 186 cm³/mol. The highest BCUT2D eigenvalue weighted by atomic mass is 32.2. The number of likely N-dealkylation sites (tertiary alicyclic amines) is 1. The Hall–Kier alpha value is -3.94. The molecule has 0 radical (unpaired) electrons. The maximum Gasteiger partial charge on any atom is 0.263 e. The van der Waals surface area contributed by atoms with Crippen molar-refractivity contribution in [3.63, 3.8) is 0 Å². The second kappa shape index (κ2) is 14.2. The van der Waals surface area contributed by atoms with Crippen molar-refractivity contribution in [3.05, 3.63) is 59.3 Å². The third-order valence-electron chi connectivity index (χ3n) is 9.31. The van der Waals surface area contributed by atoms with Gasteiger partial charge in [0.15, 0.2) is 0 Å². The quantitative estimate of drug-likeness (QED) is 0.246. The van der Waals surface area contributed by atoms with E-state index >= 15 is 0 Å². The summed E-state index contributed by atoms with van der Waals surface area (Å²) in [4.78, 5) is 44.7. The summed E-state index contributed by atoms with van der Waals surface area (Å²) in [6, 6.07) is 10.8. The number of anilines is 3. The zero-order valence-corrected chi connectivity index (χ0v) is 28.0. The van der Waals surface area contributed by atoms with E-state index < -0.39 is 0 Å². The number of hydrogen-bond donors (Lipinski definition) is 2. The van der Waals surface area contributed by atoms with Crippen LogP contribution in [-0.2, 0) is 11.3 Å². The molecular formula is C33H44N10O2S. The molecule has 1 aromatic carbocycles. The van der Waals surface area contributed by atoms with Crippen molar-refractivity contribution in [1.29, 1.82) is 0 Å². The number of piperidine rings is 2. The maximum atomic E-state index is 14.2. The molecule has 2 N–H and O–H groups in total. The molecular weight excluding hydrogens is 600 g/mol. The van der Waals surface area contributed by atoms with E-state index in [0.29, 0.717) is 48.7 Å². The Bertz CT molecular complexity index is 1720. The number of likely N-dealkylation sites (N-methyl/N-ethyl adjacent to an activating group) is 1. The van der Waals surface area contributed by atoms with Gasteiger partial charge in [-0.3, -0.25) is 18.5 Å². The molecule has 5 heterocycles. The van der Waals surface area contributed by atoms with Gasteiger partial charge in [0.25, 0.3) is 5.56 Å². The Morgan fingerprint density at radius 1 is 1.13 bits per heavy atom. The summed E-state index contributed by atoms with van der Waals surface area (Å²) in [5, 5.41) is 7.53. The fourth-order valence-corrected chi connectivity index (χ4v) is 6.78. The van der Waals surface area contributed by atoms with Crippen LogP contribution in [0.3, 0.4) is 0 Å². The number of imidazole rings is 1. The van der Waals surface area contributed by atoms with Gasteiger partial charge in [-0.05, 0) is 82.4 Å². The average molecular weight is 645 g/mol. The zero-order chi connectivity index (χ0) is 32.2. The van der Waals surface area contributed by atoms with Crippen LogP contribution in [0.2, 0.25) is 0 Å². The van der Waals surface area contributed by atoms with Crippen molar-refractivity contribution in [3.8, 4) is 11.4 Å². The first-order chi connectivity index (χ1) is 22.3. The van der Waals surface area contributed by atoms with Gasteiger partial charge in [-0.2, -0.15) is 4.98 Å². The Morgan fingerprint density at radius 2 is 1.91 bits per heavy atom. The topological polar surface area (TPSA) is 116 Å². The SMILES string of the molecule is CSN(C)CCn1c(=O)c(-c2nccn2C2CCCN(C(C)=O)C2)cc2cnc(Nc3ccc(N(C)C4CCNCC4)cc3)nc21. The Balaban J connectivity index is 1.31. The van der Waals surface area contributed by atoms with Crippen LogP contribution in [0.1, 0.15) is 38.6 Å². The van der Waals surface area contributed by atoms with Gasteiger partial charge in [0.2, 0.25) is 11.9 Å². The second-order valence-electron chi connectivity index (χ2n) is 12.2. The van der Waals surface area contributed by atoms with Crippen LogP contribution in [-0.4, -0.2) is 98.3 Å². The monoisotopic (exact) mass is 644 g/mol. The van der Waals surface area contributed by atoms with E-state index in [0.717, 1.165) is 56.4 Å². The van der Waals surface area contributed by atoms with Gasteiger partial charge in [-0.25, -0.2) is 9.97 Å². The summed E-state index contributed by atoms with van der Waals surface area (Å²) in [5.74, 6) is 1.10. The van der Waals surface area contributed by atoms with E-state index in [9.17, 15) is 9.59 Å². The van der Waals surface area contributed by atoms with E-state index in [-0.39, 0.29) is 17.5 Å². The number of hydrogen-bond acceptors (Lipinski definition) is 10. The third kappa shape index (κ3) is 6.91. The molecule has 4 aromatic rings. The number of carbonyl (C=O) groups is 1. The summed E-state index contributed by atoms with van der Waals surface area (Å²) >= 11 is 1.62. The Morgan fingerprint density at radius 3 is 2.65 bits per heavy atom. The summed E-state index contributed by atoms with van der Waals surface area (Å²) < 4.78 is 5.88. The lowest BCUT2D eigenvalue weighted by molar-refractivity contribution is -0.130. The molecule has 244 valence electrons. The lowest BCUT2D eigenvalue weighted by Gasteiger charge is -2.33. The standard InChI is InChI=1S/C33H44N10O2S/c1-23(44)41-16-5-6-28(22-41)42-17-15-35-31(42)29-20-24-21-36-33(38-30(24)43(32(29)45)19-18-39(2)46-4)37-25-7-9-26(10-8-25)40(3)27-11-13-34-14-12-27/h7-10,15,17,20-21,27-28,34H,5-6,11-14,16,18-19,22H2,1-4H3,(H,36,37,38). The second-order valence-corrected chi connectivity index (χ2v) is 13.2. The fourth-order valence-electron chi connectivity index (χ4n) is 6.52. The highest BCUT2D eigenvalue weighted by molar-refractivity contribution is 7.96. The molecule has 2 fully saturated rings. The molecule has 0 aliphatic carbocycles. The minimum Gasteiger partial charge on any atom is -0.372 e. The van der Waals surface area contributed by atoms with Crippen LogP contribution < -0.4 is 21.1 Å². The van der Waals surface area contributed by atoms with Crippen LogP contribution in [0.5, 0.6) is 0 Å². The van der Waals surface area contributed by atoms with Crippen molar-refractivity contribution in [2.45, 2.75) is 51.2 Å². The summed E-state index contributed by atoms with van der Waals surface area (Å²) in [6.45, 7) is 6.19. The Labute approximate surface area is 274 Å². The molecule has 2 aliphatic rings. The number of carbonyl (C=O) groups excluding carboxylic acids is 1. The molecule has 46 heavy (non-hydrogen) atoms. The summed E-state index contributed by atoms with van der Waals surface area (Å²) in [5.41, 5.74) is 2.98. The number of nitrogens with zero attached hydrogens (tertiary/aromatic N) is 8. The van der Waals surface area contributed by atoms with E-state index in [2.05, 4.69) is 53.6 Å². The van der Waals surface area contributed by atoms with E-state index in [1.165, 1.54) is 5.69 Å². The number of fused-ring (bicyclic) bond motifs is 1. The molecule has 3 aromatic heterocycles. The minimum atomic E-state index is -0.149. The molecule has 0 saturated carbocycles. The van der Waals surface area contributed by atoms with Gasteiger partial charge >= 0.3 is 0 Å². The molecule has 0 bridgehead atoms. The lowest BCUT2D eigenvalue weighted by atomic mass is 10.0. The smallest absolute Gasteiger partial charge is 0.263 e. The van der Waals surface area contributed by atoms with Gasteiger partial charge in [0, 0.05) is 81.5 Å².